The SMILES string of the molecule is COc1ccc2cc(C(=O)NCc3ccnc(-c4ccsc4)c3)[nH]c2c1. The Morgan fingerprint density at radius 1 is 1.23 bits per heavy atom. The number of fused-ring (bicyclic) bond motifs is 1. The van der Waals surface area contributed by atoms with Gasteiger partial charge in [0.15, 0.2) is 0 Å². The van der Waals surface area contributed by atoms with Crippen molar-refractivity contribution in [1.82, 2.24) is 15.3 Å². The number of hydrogen-bond donors (Lipinski definition) is 2. The van der Waals surface area contributed by atoms with Crippen LogP contribution in [0.2, 0.25) is 0 Å². The normalized spacial score (nSPS) is 10.8. The number of aromatic amines is 1. The van der Waals surface area contributed by atoms with Crippen LogP contribution in [0.3, 0.4) is 0 Å². The first-order chi connectivity index (χ1) is 12.7. The monoisotopic (exact) mass is 363 g/mol. The first-order valence-electron chi connectivity index (χ1n) is 8.15. The molecule has 1 amide bonds. The number of rotatable bonds is 5. The molecule has 0 radical (unpaired) electrons. The van der Waals surface area contributed by atoms with Gasteiger partial charge < -0.3 is 15.0 Å². The number of ether oxygens (including phenoxy) is 1. The van der Waals surface area contributed by atoms with Gasteiger partial charge in [-0.25, -0.2) is 0 Å². The number of methoxy groups -OCH3 is 1. The highest BCUT2D eigenvalue weighted by Crippen LogP contribution is 2.22. The third-order valence-corrected chi connectivity index (χ3v) is 4.85. The molecule has 0 saturated carbocycles. The molecule has 3 heterocycles. The average Bonchev–Trinajstić information content (AvgIpc) is 3.35. The maximum atomic E-state index is 12.5. The summed E-state index contributed by atoms with van der Waals surface area (Å²) >= 11 is 1.64. The molecule has 0 aliphatic rings. The van der Waals surface area contributed by atoms with E-state index in [1.165, 1.54) is 0 Å². The van der Waals surface area contributed by atoms with Crippen LogP contribution in [0.25, 0.3) is 22.2 Å². The highest BCUT2D eigenvalue weighted by molar-refractivity contribution is 7.08. The first kappa shape index (κ1) is 16.4. The zero-order valence-corrected chi connectivity index (χ0v) is 15.0. The van der Waals surface area contributed by atoms with Crippen LogP contribution in [-0.2, 0) is 6.54 Å². The van der Waals surface area contributed by atoms with Gasteiger partial charge in [-0.15, -0.1) is 0 Å². The van der Waals surface area contributed by atoms with E-state index in [9.17, 15) is 4.79 Å². The molecule has 0 atom stereocenters. The Kier molecular flexibility index (Phi) is 4.41. The van der Waals surface area contributed by atoms with Gasteiger partial charge in [-0.2, -0.15) is 11.3 Å². The van der Waals surface area contributed by atoms with Gasteiger partial charge in [-0.05, 0) is 47.3 Å². The van der Waals surface area contributed by atoms with E-state index in [-0.39, 0.29) is 5.91 Å². The van der Waals surface area contributed by atoms with Crippen LogP contribution in [0.5, 0.6) is 5.75 Å². The maximum absolute atomic E-state index is 12.5. The van der Waals surface area contributed by atoms with Gasteiger partial charge in [0.2, 0.25) is 0 Å². The Bertz CT molecular complexity index is 1050. The molecule has 2 N–H and O–H groups in total. The number of H-pyrrole nitrogens is 1. The van der Waals surface area contributed by atoms with Crippen molar-refractivity contribution in [2.75, 3.05) is 7.11 Å². The van der Waals surface area contributed by atoms with Crippen LogP contribution in [0.1, 0.15) is 16.1 Å². The Balaban J connectivity index is 1.48. The lowest BCUT2D eigenvalue weighted by molar-refractivity contribution is 0.0946. The largest absolute Gasteiger partial charge is 0.497 e. The summed E-state index contributed by atoms with van der Waals surface area (Å²) in [5.41, 5.74) is 4.41. The molecule has 26 heavy (non-hydrogen) atoms. The predicted octanol–water partition coefficient (Wildman–Crippen LogP) is 4.23. The number of hydrogen-bond acceptors (Lipinski definition) is 4. The van der Waals surface area contributed by atoms with E-state index in [1.807, 2.05) is 47.8 Å². The molecule has 0 spiro atoms. The van der Waals surface area contributed by atoms with Gasteiger partial charge in [-0.1, -0.05) is 0 Å². The average molecular weight is 363 g/mol. The summed E-state index contributed by atoms with van der Waals surface area (Å²) in [5.74, 6) is 0.609. The van der Waals surface area contributed by atoms with E-state index in [1.54, 1.807) is 24.6 Å². The number of pyridine rings is 1. The van der Waals surface area contributed by atoms with Crippen LogP contribution in [0.15, 0.2) is 59.4 Å². The third-order valence-electron chi connectivity index (χ3n) is 4.17. The number of nitrogens with zero attached hydrogens (tertiary/aromatic N) is 1. The molecule has 6 heteroatoms. The highest BCUT2D eigenvalue weighted by Gasteiger charge is 2.10. The number of benzene rings is 1. The van der Waals surface area contributed by atoms with Crippen LogP contribution in [-0.4, -0.2) is 23.0 Å². The first-order valence-corrected chi connectivity index (χ1v) is 9.10. The summed E-state index contributed by atoms with van der Waals surface area (Å²) in [5, 5.41) is 8.01. The summed E-state index contributed by atoms with van der Waals surface area (Å²) in [7, 11) is 1.62. The summed E-state index contributed by atoms with van der Waals surface area (Å²) in [4.78, 5) is 20.0. The van der Waals surface area contributed by atoms with E-state index in [4.69, 9.17) is 4.74 Å². The molecule has 130 valence electrons. The number of amides is 1. The lowest BCUT2D eigenvalue weighted by Crippen LogP contribution is -2.23. The van der Waals surface area contributed by atoms with E-state index in [0.717, 1.165) is 33.5 Å². The molecule has 5 nitrogen and oxygen atoms in total. The molecule has 0 aliphatic carbocycles. The number of nitrogens with one attached hydrogen (secondary N) is 2. The molecule has 0 unspecified atom stereocenters. The lowest BCUT2D eigenvalue weighted by atomic mass is 10.1. The highest BCUT2D eigenvalue weighted by atomic mass is 32.1. The minimum Gasteiger partial charge on any atom is -0.497 e. The molecule has 0 fully saturated rings. The summed E-state index contributed by atoms with van der Waals surface area (Å²) < 4.78 is 5.21. The van der Waals surface area contributed by atoms with Gasteiger partial charge in [0, 0.05) is 40.7 Å². The molecular formula is C20H17N3O2S. The van der Waals surface area contributed by atoms with Crippen LogP contribution in [0.4, 0.5) is 0 Å². The smallest absolute Gasteiger partial charge is 0.267 e. The summed E-state index contributed by atoms with van der Waals surface area (Å²) in [6.45, 7) is 0.442. The predicted molar refractivity (Wildman–Crippen MR) is 104 cm³/mol. The van der Waals surface area contributed by atoms with E-state index in [0.29, 0.717) is 12.2 Å². The van der Waals surface area contributed by atoms with Crippen molar-refractivity contribution in [3.8, 4) is 17.0 Å². The maximum Gasteiger partial charge on any atom is 0.267 e. The molecule has 4 rings (SSSR count). The molecule has 0 saturated heterocycles. The molecule has 4 aromatic rings. The van der Waals surface area contributed by atoms with Crippen molar-refractivity contribution in [1.29, 1.82) is 0 Å². The standard InChI is InChI=1S/C20H17N3O2S/c1-25-16-3-2-14-9-19(23-18(14)10-16)20(24)22-11-13-4-6-21-17(8-13)15-5-7-26-12-15/h2-10,12,23H,11H2,1H3,(H,22,24). The number of carbonyl (C=O) groups excluding carboxylic acids is 1. The Morgan fingerprint density at radius 3 is 2.96 bits per heavy atom. The van der Waals surface area contributed by atoms with Crippen molar-refractivity contribution in [3.05, 3.63) is 70.7 Å². The zero-order chi connectivity index (χ0) is 17.9. The van der Waals surface area contributed by atoms with Crippen LogP contribution < -0.4 is 10.1 Å². The molecule has 3 aromatic heterocycles. The van der Waals surface area contributed by atoms with E-state index in [2.05, 4.69) is 20.7 Å². The van der Waals surface area contributed by atoms with Gasteiger partial charge in [0.05, 0.1) is 12.8 Å². The molecule has 0 bridgehead atoms. The number of aromatic nitrogens is 2. The van der Waals surface area contributed by atoms with Gasteiger partial charge in [0.25, 0.3) is 5.91 Å². The number of carbonyl (C=O) groups is 1. The second-order valence-electron chi connectivity index (χ2n) is 5.88. The van der Waals surface area contributed by atoms with E-state index < -0.39 is 0 Å². The fourth-order valence-corrected chi connectivity index (χ4v) is 3.44. The minimum absolute atomic E-state index is 0.144. The second kappa shape index (κ2) is 7.01. The lowest BCUT2D eigenvalue weighted by Gasteiger charge is -2.05. The Hall–Kier alpha value is -3.12. The Morgan fingerprint density at radius 2 is 2.15 bits per heavy atom. The molecule has 0 aliphatic heterocycles. The van der Waals surface area contributed by atoms with Gasteiger partial charge in [-0.3, -0.25) is 9.78 Å². The minimum atomic E-state index is -0.144. The van der Waals surface area contributed by atoms with Crippen LogP contribution >= 0.6 is 11.3 Å². The van der Waals surface area contributed by atoms with E-state index >= 15 is 0 Å². The summed E-state index contributed by atoms with van der Waals surface area (Å²) in [6, 6.07) is 13.5. The van der Waals surface area contributed by atoms with Crippen molar-refractivity contribution >= 4 is 28.1 Å². The molecular weight excluding hydrogens is 346 g/mol. The van der Waals surface area contributed by atoms with Crippen molar-refractivity contribution in [2.24, 2.45) is 0 Å². The third kappa shape index (κ3) is 3.32. The fourth-order valence-electron chi connectivity index (χ4n) is 2.79. The Labute approximate surface area is 154 Å². The van der Waals surface area contributed by atoms with Gasteiger partial charge in [0.1, 0.15) is 11.4 Å². The van der Waals surface area contributed by atoms with Crippen LogP contribution in [0, 0.1) is 0 Å². The topological polar surface area (TPSA) is 67.0 Å². The van der Waals surface area contributed by atoms with Crippen molar-refractivity contribution in [2.45, 2.75) is 6.54 Å². The quantitative estimate of drug-likeness (QED) is 0.558. The second-order valence-corrected chi connectivity index (χ2v) is 6.66. The van der Waals surface area contributed by atoms with Crippen molar-refractivity contribution < 1.29 is 9.53 Å². The molecule has 1 aromatic carbocycles. The number of thiophene rings is 1. The zero-order valence-electron chi connectivity index (χ0n) is 14.2. The fraction of sp³-hybridized carbons (Fsp3) is 0.100. The van der Waals surface area contributed by atoms with Gasteiger partial charge >= 0.3 is 0 Å². The van der Waals surface area contributed by atoms with Crippen molar-refractivity contribution in [3.63, 3.8) is 0 Å². The summed E-state index contributed by atoms with van der Waals surface area (Å²) in [6.07, 6.45) is 1.77.